The lowest BCUT2D eigenvalue weighted by Gasteiger charge is -2.26. The largest absolute Gasteiger partial charge is 0.505 e. The Morgan fingerprint density at radius 1 is 1.42 bits per heavy atom. The highest BCUT2D eigenvalue weighted by molar-refractivity contribution is 5.99. The fraction of sp³-hybridized carbons (Fsp3) is 0.385. The Bertz CT molecular complexity index is 486. The van der Waals surface area contributed by atoms with Crippen LogP contribution in [0.15, 0.2) is 18.2 Å². The number of nitrogens with zero attached hydrogens (tertiary/aromatic N) is 1. The zero-order chi connectivity index (χ0) is 14.6. The number of hydrogen-bond donors (Lipinski definition) is 2. The normalized spacial score (nSPS) is 10.3. The Morgan fingerprint density at radius 3 is 2.58 bits per heavy atom. The third kappa shape index (κ3) is 3.37. The maximum absolute atomic E-state index is 12.3. The number of nitrogens with two attached hydrogens (primary N) is 1. The molecule has 6 nitrogen and oxygen atoms in total. The summed E-state index contributed by atoms with van der Waals surface area (Å²) in [6.07, 6.45) is 0. The van der Waals surface area contributed by atoms with Gasteiger partial charge in [-0.15, -0.1) is 0 Å². The summed E-state index contributed by atoms with van der Waals surface area (Å²) in [4.78, 5) is 24.9. The van der Waals surface area contributed by atoms with Crippen LogP contribution in [0.4, 0.5) is 5.69 Å². The maximum Gasteiger partial charge on any atom is 0.325 e. The highest BCUT2D eigenvalue weighted by atomic mass is 16.5. The van der Waals surface area contributed by atoms with Gasteiger partial charge in [-0.1, -0.05) is 6.07 Å². The molecular weight excluding hydrogens is 248 g/mol. The quantitative estimate of drug-likeness (QED) is 0.482. The molecular formula is C13H18N2O4. The monoisotopic (exact) mass is 266 g/mol. The minimum atomic E-state index is -0.523. The van der Waals surface area contributed by atoms with Crippen molar-refractivity contribution in [1.82, 2.24) is 4.90 Å². The molecule has 104 valence electrons. The van der Waals surface area contributed by atoms with Crippen molar-refractivity contribution < 1.29 is 19.4 Å². The summed E-state index contributed by atoms with van der Waals surface area (Å²) in [7, 11) is 1.25. The van der Waals surface area contributed by atoms with Crippen molar-refractivity contribution in [2.45, 2.75) is 19.9 Å². The van der Waals surface area contributed by atoms with E-state index < -0.39 is 11.9 Å². The number of amides is 1. The molecule has 0 atom stereocenters. The molecule has 0 aliphatic carbocycles. The standard InChI is InChI=1S/C13H18N2O4/c1-8(2)15(7-11(16)19-3)13(18)9-5-4-6-10(14)12(9)17/h4-6,8,17H,7,14H2,1-3H3. The van der Waals surface area contributed by atoms with Gasteiger partial charge in [0.1, 0.15) is 6.54 Å². The second-order valence-corrected chi connectivity index (χ2v) is 4.35. The molecule has 0 spiro atoms. The molecule has 1 amide bonds. The predicted molar refractivity (Wildman–Crippen MR) is 70.7 cm³/mol. The van der Waals surface area contributed by atoms with Crippen LogP contribution < -0.4 is 5.73 Å². The first-order valence-electron chi connectivity index (χ1n) is 5.83. The van der Waals surface area contributed by atoms with Crippen LogP contribution in [0.5, 0.6) is 5.75 Å². The number of esters is 1. The first kappa shape index (κ1) is 14.8. The average molecular weight is 266 g/mol. The van der Waals surface area contributed by atoms with E-state index in [4.69, 9.17) is 5.73 Å². The number of ether oxygens (including phenoxy) is 1. The summed E-state index contributed by atoms with van der Waals surface area (Å²) >= 11 is 0. The summed E-state index contributed by atoms with van der Waals surface area (Å²) in [5.74, 6) is -1.27. The predicted octanol–water partition coefficient (Wildman–Crippen LogP) is 0.998. The number of aromatic hydroxyl groups is 1. The van der Waals surface area contributed by atoms with E-state index >= 15 is 0 Å². The molecule has 0 saturated carbocycles. The number of anilines is 1. The Labute approximate surface area is 111 Å². The highest BCUT2D eigenvalue weighted by Gasteiger charge is 2.24. The molecule has 0 fully saturated rings. The van der Waals surface area contributed by atoms with E-state index in [2.05, 4.69) is 4.74 Å². The number of methoxy groups -OCH3 is 1. The average Bonchev–Trinajstić information content (AvgIpc) is 2.37. The zero-order valence-electron chi connectivity index (χ0n) is 11.2. The van der Waals surface area contributed by atoms with E-state index in [0.717, 1.165) is 0 Å². The van der Waals surface area contributed by atoms with Crippen molar-refractivity contribution >= 4 is 17.6 Å². The van der Waals surface area contributed by atoms with Crippen molar-refractivity contribution in [3.63, 3.8) is 0 Å². The van der Waals surface area contributed by atoms with Gasteiger partial charge in [0, 0.05) is 6.04 Å². The van der Waals surface area contributed by atoms with E-state index in [0.29, 0.717) is 0 Å². The first-order valence-corrected chi connectivity index (χ1v) is 5.83. The number of nitrogen functional groups attached to an aromatic ring is 1. The molecule has 0 unspecified atom stereocenters. The number of carbonyl (C=O) groups excluding carboxylic acids is 2. The minimum Gasteiger partial charge on any atom is -0.505 e. The summed E-state index contributed by atoms with van der Waals surface area (Å²) in [6.45, 7) is 3.36. The van der Waals surface area contributed by atoms with Crippen LogP contribution in [0.1, 0.15) is 24.2 Å². The van der Waals surface area contributed by atoms with Gasteiger partial charge < -0.3 is 20.5 Å². The van der Waals surface area contributed by atoms with Gasteiger partial charge in [-0.2, -0.15) is 0 Å². The smallest absolute Gasteiger partial charge is 0.325 e. The van der Waals surface area contributed by atoms with Crippen LogP contribution in [-0.2, 0) is 9.53 Å². The van der Waals surface area contributed by atoms with Crippen molar-refractivity contribution in [3.05, 3.63) is 23.8 Å². The van der Waals surface area contributed by atoms with Crippen molar-refractivity contribution in [2.75, 3.05) is 19.4 Å². The Kier molecular flexibility index (Phi) is 4.74. The van der Waals surface area contributed by atoms with Crippen molar-refractivity contribution in [1.29, 1.82) is 0 Å². The number of rotatable bonds is 4. The van der Waals surface area contributed by atoms with Crippen molar-refractivity contribution in [3.8, 4) is 5.75 Å². The van der Waals surface area contributed by atoms with E-state index in [1.807, 2.05) is 0 Å². The molecule has 19 heavy (non-hydrogen) atoms. The van der Waals surface area contributed by atoms with Gasteiger partial charge in [0.2, 0.25) is 0 Å². The summed E-state index contributed by atoms with van der Waals surface area (Å²) in [5.41, 5.74) is 5.74. The first-order chi connectivity index (χ1) is 8.88. The van der Waals surface area contributed by atoms with Crippen LogP contribution in [0.2, 0.25) is 0 Å². The van der Waals surface area contributed by atoms with Gasteiger partial charge in [0.15, 0.2) is 5.75 Å². The zero-order valence-corrected chi connectivity index (χ0v) is 11.2. The maximum atomic E-state index is 12.3. The van der Waals surface area contributed by atoms with E-state index in [1.54, 1.807) is 19.9 Å². The molecule has 0 bridgehead atoms. The summed E-state index contributed by atoms with van der Waals surface area (Å²) < 4.78 is 4.55. The van der Waals surface area contributed by atoms with Crippen LogP contribution in [-0.4, -0.2) is 41.6 Å². The second-order valence-electron chi connectivity index (χ2n) is 4.35. The number of phenolic OH excluding ortho intramolecular Hbond substituents is 1. The van der Waals surface area contributed by atoms with E-state index in [9.17, 15) is 14.7 Å². The summed E-state index contributed by atoms with van der Waals surface area (Å²) in [6, 6.07) is 4.30. The molecule has 0 aromatic heterocycles. The van der Waals surface area contributed by atoms with Crippen LogP contribution in [0.25, 0.3) is 0 Å². The molecule has 0 aliphatic rings. The molecule has 6 heteroatoms. The van der Waals surface area contributed by atoms with E-state index in [-0.39, 0.29) is 29.6 Å². The molecule has 1 aromatic rings. The van der Waals surface area contributed by atoms with Crippen LogP contribution in [0.3, 0.4) is 0 Å². The Balaban J connectivity index is 3.06. The topological polar surface area (TPSA) is 92.9 Å². The van der Waals surface area contributed by atoms with Crippen LogP contribution >= 0.6 is 0 Å². The molecule has 0 heterocycles. The lowest BCUT2D eigenvalue weighted by molar-refractivity contribution is -0.141. The van der Waals surface area contributed by atoms with Gasteiger partial charge in [0.05, 0.1) is 18.4 Å². The fourth-order valence-electron chi connectivity index (χ4n) is 1.58. The van der Waals surface area contributed by atoms with Crippen LogP contribution in [0, 0.1) is 0 Å². The molecule has 0 aliphatic heterocycles. The Hall–Kier alpha value is -2.24. The number of para-hydroxylation sites is 1. The van der Waals surface area contributed by atoms with Gasteiger partial charge in [0.25, 0.3) is 5.91 Å². The van der Waals surface area contributed by atoms with Gasteiger partial charge >= 0.3 is 5.97 Å². The lowest BCUT2D eigenvalue weighted by atomic mass is 10.1. The molecule has 3 N–H and O–H groups in total. The molecule has 0 radical (unpaired) electrons. The summed E-state index contributed by atoms with van der Waals surface area (Å²) in [5, 5.41) is 9.80. The van der Waals surface area contributed by atoms with Gasteiger partial charge in [-0.05, 0) is 26.0 Å². The number of phenols is 1. The molecule has 1 aromatic carbocycles. The molecule has 1 rings (SSSR count). The third-order valence-electron chi connectivity index (χ3n) is 2.71. The second kappa shape index (κ2) is 6.08. The van der Waals surface area contributed by atoms with Gasteiger partial charge in [-0.25, -0.2) is 0 Å². The molecule has 0 saturated heterocycles. The Morgan fingerprint density at radius 2 is 2.05 bits per heavy atom. The lowest BCUT2D eigenvalue weighted by Crippen LogP contribution is -2.41. The van der Waals surface area contributed by atoms with Crippen molar-refractivity contribution in [2.24, 2.45) is 0 Å². The highest BCUT2D eigenvalue weighted by Crippen LogP contribution is 2.26. The number of carbonyl (C=O) groups is 2. The fourth-order valence-corrected chi connectivity index (χ4v) is 1.58. The third-order valence-corrected chi connectivity index (χ3v) is 2.71. The number of benzene rings is 1. The van der Waals surface area contributed by atoms with E-state index in [1.165, 1.54) is 24.1 Å². The number of hydrogen-bond acceptors (Lipinski definition) is 5. The SMILES string of the molecule is COC(=O)CN(C(=O)c1cccc(N)c1O)C(C)C. The van der Waals surface area contributed by atoms with Gasteiger partial charge in [-0.3, -0.25) is 9.59 Å². The minimum absolute atomic E-state index is 0.0672.